The summed E-state index contributed by atoms with van der Waals surface area (Å²) in [6.45, 7) is 14.6. The smallest absolute Gasteiger partial charge is 0.410 e. The monoisotopic (exact) mass is 431 g/mol. The Morgan fingerprint density at radius 3 is 2.06 bits per heavy atom. The maximum Gasteiger partial charge on any atom is 0.410 e. The van der Waals surface area contributed by atoms with E-state index in [4.69, 9.17) is 9.47 Å². The molecule has 0 spiro atoms. The number of anilines is 1. The van der Waals surface area contributed by atoms with Crippen LogP contribution in [0.2, 0.25) is 0 Å². The first-order valence-corrected chi connectivity index (χ1v) is 10.9. The Balaban J connectivity index is 1.74. The Morgan fingerprint density at radius 1 is 0.935 bits per heavy atom. The molecule has 2 amide bonds. The van der Waals surface area contributed by atoms with Crippen molar-refractivity contribution in [1.82, 2.24) is 10.2 Å². The van der Waals surface area contributed by atoms with Crippen LogP contribution >= 0.6 is 0 Å². The van der Waals surface area contributed by atoms with Crippen molar-refractivity contribution in [2.45, 2.75) is 59.2 Å². The third-order valence-electron chi connectivity index (χ3n) is 4.48. The lowest BCUT2D eigenvalue weighted by Crippen LogP contribution is -2.50. The molecule has 7 nitrogen and oxygen atoms in total. The summed E-state index contributed by atoms with van der Waals surface area (Å²) in [5.41, 5.74) is 1.30. The third kappa shape index (κ3) is 9.32. The topological polar surface area (TPSA) is 71.1 Å². The van der Waals surface area contributed by atoms with E-state index in [1.54, 1.807) is 4.90 Å². The lowest BCUT2D eigenvalue weighted by atomic mass is 10.1. The molecule has 1 saturated heterocycles. The van der Waals surface area contributed by atoms with E-state index < -0.39 is 17.3 Å². The largest absolute Gasteiger partial charge is 0.444 e. The molecule has 0 unspecified atom stereocenters. The van der Waals surface area contributed by atoms with Gasteiger partial charge in [-0.2, -0.15) is 0 Å². The van der Waals surface area contributed by atoms with Crippen LogP contribution in [0.1, 0.15) is 53.5 Å². The summed E-state index contributed by atoms with van der Waals surface area (Å²) in [5.74, 6) is 0. The molecular formula is C24H37N3O4. The standard InChI is InChI=1S/C24H37N3O4/c1-23(2,3)30-21(28)25-14-8-7-9-19-10-12-20(13-11-19)26-15-17-27(18-16-26)22(29)31-24(4,5)6/h7,9-13H,8,14-18H2,1-6H3,(H,25,28). The van der Waals surface area contributed by atoms with E-state index >= 15 is 0 Å². The van der Waals surface area contributed by atoms with Gasteiger partial charge in [-0.1, -0.05) is 24.3 Å². The number of nitrogens with zero attached hydrogens (tertiary/aromatic N) is 2. The summed E-state index contributed by atoms with van der Waals surface area (Å²) in [7, 11) is 0. The molecule has 31 heavy (non-hydrogen) atoms. The van der Waals surface area contributed by atoms with Crippen molar-refractivity contribution in [3.05, 3.63) is 35.9 Å². The molecule has 1 heterocycles. The van der Waals surface area contributed by atoms with Gasteiger partial charge < -0.3 is 24.6 Å². The number of nitrogens with one attached hydrogen (secondary N) is 1. The quantitative estimate of drug-likeness (QED) is 0.686. The number of hydrogen-bond acceptors (Lipinski definition) is 5. The Morgan fingerprint density at radius 2 is 1.52 bits per heavy atom. The lowest BCUT2D eigenvalue weighted by molar-refractivity contribution is 0.0240. The van der Waals surface area contributed by atoms with E-state index in [-0.39, 0.29) is 6.09 Å². The Bertz CT molecular complexity index is 753. The number of carbonyl (C=O) groups excluding carboxylic acids is 2. The second-order valence-corrected chi connectivity index (χ2v) is 9.67. The highest BCUT2D eigenvalue weighted by Gasteiger charge is 2.25. The van der Waals surface area contributed by atoms with Crippen LogP contribution in [0.25, 0.3) is 6.08 Å². The molecule has 1 N–H and O–H groups in total. The van der Waals surface area contributed by atoms with Gasteiger partial charge in [-0.05, 0) is 65.7 Å². The van der Waals surface area contributed by atoms with Crippen molar-refractivity contribution in [3.8, 4) is 0 Å². The van der Waals surface area contributed by atoms with E-state index in [9.17, 15) is 9.59 Å². The van der Waals surface area contributed by atoms with E-state index in [0.29, 0.717) is 19.6 Å². The Kier molecular flexibility index (Phi) is 8.36. The number of ether oxygens (including phenoxy) is 2. The van der Waals surface area contributed by atoms with Crippen LogP contribution in [-0.4, -0.2) is 61.0 Å². The van der Waals surface area contributed by atoms with Gasteiger partial charge in [-0.15, -0.1) is 0 Å². The molecule has 1 aromatic rings. The van der Waals surface area contributed by atoms with Crippen molar-refractivity contribution >= 4 is 23.9 Å². The second-order valence-electron chi connectivity index (χ2n) is 9.67. The van der Waals surface area contributed by atoms with Crippen LogP contribution in [0.5, 0.6) is 0 Å². The van der Waals surface area contributed by atoms with Crippen LogP contribution in [0.3, 0.4) is 0 Å². The molecule has 0 aliphatic carbocycles. The molecule has 1 aromatic carbocycles. The van der Waals surface area contributed by atoms with Gasteiger partial charge in [-0.3, -0.25) is 0 Å². The first-order valence-electron chi connectivity index (χ1n) is 10.9. The van der Waals surface area contributed by atoms with Crippen molar-refractivity contribution < 1.29 is 19.1 Å². The Labute approximate surface area is 186 Å². The number of carbonyl (C=O) groups is 2. The maximum absolute atomic E-state index is 12.2. The van der Waals surface area contributed by atoms with Crippen LogP contribution < -0.4 is 10.2 Å². The predicted octanol–water partition coefficient (Wildman–Crippen LogP) is 4.67. The number of hydrogen-bond donors (Lipinski definition) is 1. The van der Waals surface area contributed by atoms with Crippen LogP contribution in [0, 0.1) is 0 Å². The van der Waals surface area contributed by atoms with Crippen molar-refractivity contribution in [2.75, 3.05) is 37.6 Å². The van der Waals surface area contributed by atoms with Crippen molar-refractivity contribution in [2.24, 2.45) is 0 Å². The highest BCUT2D eigenvalue weighted by atomic mass is 16.6. The average Bonchev–Trinajstić information content (AvgIpc) is 2.65. The SMILES string of the molecule is CC(C)(C)OC(=O)NCCC=Cc1ccc(N2CCN(C(=O)OC(C)(C)C)CC2)cc1. The third-order valence-corrected chi connectivity index (χ3v) is 4.48. The minimum absolute atomic E-state index is 0.242. The molecule has 1 aliphatic heterocycles. The number of alkyl carbamates (subject to hydrolysis) is 1. The summed E-state index contributed by atoms with van der Waals surface area (Å²) in [6.07, 6.45) is 4.17. The van der Waals surface area contributed by atoms with Crippen LogP contribution in [0.4, 0.5) is 15.3 Å². The minimum Gasteiger partial charge on any atom is -0.444 e. The first-order chi connectivity index (χ1) is 14.4. The van der Waals surface area contributed by atoms with Gasteiger partial charge in [0.1, 0.15) is 11.2 Å². The molecular weight excluding hydrogens is 394 g/mol. The normalized spacial score (nSPS) is 15.2. The van der Waals surface area contributed by atoms with E-state index in [1.807, 2.05) is 53.7 Å². The molecule has 1 fully saturated rings. The van der Waals surface area contributed by atoms with Gasteiger partial charge in [-0.25, -0.2) is 9.59 Å². The van der Waals surface area contributed by atoms with Gasteiger partial charge in [0.2, 0.25) is 0 Å². The molecule has 0 atom stereocenters. The highest BCUT2D eigenvalue weighted by molar-refractivity contribution is 5.69. The number of rotatable bonds is 5. The summed E-state index contributed by atoms with van der Waals surface area (Å²) in [5, 5.41) is 2.75. The zero-order valence-electron chi connectivity index (χ0n) is 19.7. The van der Waals surface area contributed by atoms with Gasteiger partial charge in [0, 0.05) is 38.4 Å². The van der Waals surface area contributed by atoms with E-state index in [2.05, 4.69) is 34.5 Å². The van der Waals surface area contributed by atoms with Gasteiger partial charge in [0.05, 0.1) is 0 Å². The molecule has 2 rings (SSSR count). The number of benzene rings is 1. The summed E-state index contributed by atoms with van der Waals surface area (Å²) < 4.78 is 10.7. The summed E-state index contributed by atoms with van der Waals surface area (Å²) >= 11 is 0. The highest BCUT2D eigenvalue weighted by Crippen LogP contribution is 2.19. The van der Waals surface area contributed by atoms with Crippen molar-refractivity contribution in [3.63, 3.8) is 0 Å². The first kappa shape index (κ1) is 24.6. The van der Waals surface area contributed by atoms with Gasteiger partial charge >= 0.3 is 12.2 Å². The molecule has 0 radical (unpaired) electrons. The fourth-order valence-corrected chi connectivity index (χ4v) is 3.06. The number of piperazine rings is 1. The molecule has 0 aromatic heterocycles. The lowest BCUT2D eigenvalue weighted by Gasteiger charge is -2.36. The van der Waals surface area contributed by atoms with E-state index in [0.717, 1.165) is 30.8 Å². The summed E-state index contributed by atoms with van der Waals surface area (Å²) in [6, 6.07) is 8.35. The molecule has 0 bridgehead atoms. The fourth-order valence-electron chi connectivity index (χ4n) is 3.06. The second kappa shape index (κ2) is 10.6. The minimum atomic E-state index is -0.482. The van der Waals surface area contributed by atoms with Crippen LogP contribution in [-0.2, 0) is 9.47 Å². The Hall–Kier alpha value is -2.70. The predicted molar refractivity (Wildman–Crippen MR) is 124 cm³/mol. The van der Waals surface area contributed by atoms with Crippen molar-refractivity contribution in [1.29, 1.82) is 0 Å². The zero-order chi connectivity index (χ0) is 23.1. The summed E-state index contributed by atoms with van der Waals surface area (Å²) in [4.78, 5) is 27.8. The van der Waals surface area contributed by atoms with Gasteiger partial charge in [0.25, 0.3) is 0 Å². The maximum atomic E-state index is 12.2. The fraction of sp³-hybridized carbons (Fsp3) is 0.583. The van der Waals surface area contributed by atoms with Crippen LogP contribution in [0.15, 0.2) is 30.3 Å². The average molecular weight is 432 g/mol. The zero-order valence-corrected chi connectivity index (χ0v) is 19.7. The molecule has 7 heteroatoms. The number of amides is 2. The van der Waals surface area contributed by atoms with Gasteiger partial charge in [0.15, 0.2) is 0 Å². The molecule has 0 saturated carbocycles. The molecule has 1 aliphatic rings. The molecule has 172 valence electrons. The van der Waals surface area contributed by atoms with E-state index in [1.165, 1.54) is 0 Å².